The fourth-order valence-corrected chi connectivity index (χ4v) is 0.729. The molecule has 0 spiro atoms. The summed E-state index contributed by atoms with van der Waals surface area (Å²) in [7, 11) is 3.73. The number of aromatic nitrogens is 2. The standard InChI is InChI=1S/C7H14N4O/c1-4-8-5-6-9-10-7(12-6)11(2)3/h8H,4-5H2,1-3H3. The second kappa shape index (κ2) is 4.06. The summed E-state index contributed by atoms with van der Waals surface area (Å²) < 4.78 is 5.29. The van der Waals surface area contributed by atoms with E-state index < -0.39 is 0 Å². The molecule has 0 unspecified atom stereocenters. The summed E-state index contributed by atoms with van der Waals surface area (Å²) in [6.45, 7) is 3.57. The van der Waals surface area contributed by atoms with Crippen molar-refractivity contribution in [3.8, 4) is 0 Å². The van der Waals surface area contributed by atoms with Crippen LogP contribution < -0.4 is 10.2 Å². The molecule has 0 aliphatic heterocycles. The first kappa shape index (κ1) is 8.99. The summed E-state index contributed by atoms with van der Waals surface area (Å²) in [5, 5.41) is 10.8. The zero-order chi connectivity index (χ0) is 8.97. The summed E-state index contributed by atoms with van der Waals surface area (Å²) in [6, 6.07) is 0.544. The van der Waals surface area contributed by atoms with E-state index in [1.807, 2.05) is 21.0 Å². The van der Waals surface area contributed by atoms with Gasteiger partial charge in [0.25, 0.3) is 0 Å². The highest BCUT2D eigenvalue weighted by molar-refractivity contribution is 5.19. The molecular weight excluding hydrogens is 156 g/mol. The van der Waals surface area contributed by atoms with Crippen LogP contribution in [-0.4, -0.2) is 30.8 Å². The van der Waals surface area contributed by atoms with Gasteiger partial charge in [-0.15, -0.1) is 5.10 Å². The van der Waals surface area contributed by atoms with Crippen molar-refractivity contribution < 1.29 is 4.42 Å². The smallest absolute Gasteiger partial charge is 0.317 e. The van der Waals surface area contributed by atoms with Gasteiger partial charge in [0.2, 0.25) is 5.89 Å². The quantitative estimate of drug-likeness (QED) is 0.701. The lowest BCUT2D eigenvalue weighted by molar-refractivity contribution is 0.473. The Labute approximate surface area is 71.8 Å². The number of hydrogen-bond donors (Lipinski definition) is 1. The van der Waals surface area contributed by atoms with Gasteiger partial charge in [0.15, 0.2) is 0 Å². The maximum absolute atomic E-state index is 5.29. The van der Waals surface area contributed by atoms with E-state index in [1.54, 1.807) is 4.90 Å². The molecule has 0 atom stereocenters. The van der Waals surface area contributed by atoms with Crippen molar-refractivity contribution in [1.82, 2.24) is 15.5 Å². The second-order valence-electron chi connectivity index (χ2n) is 2.65. The van der Waals surface area contributed by atoms with Crippen LogP contribution in [0, 0.1) is 0 Å². The predicted octanol–water partition coefficient (Wildman–Crippen LogP) is 0.245. The van der Waals surface area contributed by atoms with E-state index in [1.165, 1.54) is 0 Å². The highest BCUT2D eigenvalue weighted by atomic mass is 16.4. The van der Waals surface area contributed by atoms with Crippen molar-refractivity contribution >= 4 is 6.01 Å². The van der Waals surface area contributed by atoms with Crippen molar-refractivity contribution in [3.63, 3.8) is 0 Å². The van der Waals surface area contributed by atoms with E-state index in [4.69, 9.17) is 4.42 Å². The zero-order valence-electron chi connectivity index (χ0n) is 7.66. The van der Waals surface area contributed by atoms with Crippen LogP contribution in [0.3, 0.4) is 0 Å². The third kappa shape index (κ3) is 2.20. The van der Waals surface area contributed by atoms with E-state index in [9.17, 15) is 0 Å². The predicted molar refractivity (Wildman–Crippen MR) is 46.0 cm³/mol. The third-order valence-electron chi connectivity index (χ3n) is 1.36. The van der Waals surface area contributed by atoms with E-state index in [0.717, 1.165) is 6.54 Å². The van der Waals surface area contributed by atoms with Crippen LogP contribution in [0.4, 0.5) is 6.01 Å². The number of nitrogens with zero attached hydrogens (tertiary/aromatic N) is 3. The fourth-order valence-electron chi connectivity index (χ4n) is 0.729. The lowest BCUT2D eigenvalue weighted by Crippen LogP contribution is -2.11. The van der Waals surface area contributed by atoms with Crippen LogP contribution in [0.1, 0.15) is 12.8 Å². The van der Waals surface area contributed by atoms with Crippen LogP contribution in [0.25, 0.3) is 0 Å². The summed E-state index contributed by atoms with van der Waals surface area (Å²) >= 11 is 0. The van der Waals surface area contributed by atoms with E-state index in [2.05, 4.69) is 15.5 Å². The van der Waals surface area contributed by atoms with Crippen molar-refractivity contribution in [3.05, 3.63) is 5.89 Å². The minimum atomic E-state index is 0.544. The van der Waals surface area contributed by atoms with Crippen LogP contribution in [-0.2, 0) is 6.54 Å². The van der Waals surface area contributed by atoms with Crippen LogP contribution in [0.5, 0.6) is 0 Å². The topological polar surface area (TPSA) is 54.2 Å². The molecule has 12 heavy (non-hydrogen) atoms. The average Bonchev–Trinajstić information content (AvgIpc) is 2.48. The molecule has 68 valence electrons. The van der Waals surface area contributed by atoms with Crippen molar-refractivity contribution in [2.45, 2.75) is 13.5 Å². The van der Waals surface area contributed by atoms with Crippen LogP contribution in [0.2, 0.25) is 0 Å². The normalized spacial score (nSPS) is 10.2. The molecule has 0 bridgehead atoms. The van der Waals surface area contributed by atoms with Gasteiger partial charge in [-0.05, 0) is 6.54 Å². The van der Waals surface area contributed by atoms with Crippen LogP contribution >= 0.6 is 0 Å². The van der Waals surface area contributed by atoms with Gasteiger partial charge in [-0.2, -0.15) is 0 Å². The molecule has 0 saturated heterocycles. The second-order valence-corrected chi connectivity index (χ2v) is 2.65. The van der Waals surface area contributed by atoms with E-state index in [0.29, 0.717) is 18.5 Å². The Hall–Kier alpha value is -1.10. The van der Waals surface area contributed by atoms with Gasteiger partial charge < -0.3 is 14.6 Å². The highest BCUT2D eigenvalue weighted by Crippen LogP contribution is 2.07. The highest BCUT2D eigenvalue weighted by Gasteiger charge is 2.05. The molecule has 0 aromatic carbocycles. The summed E-state index contributed by atoms with van der Waals surface area (Å²) in [4.78, 5) is 1.78. The number of hydrogen-bond acceptors (Lipinski definition) is 5. The first-order valence-electron chi connectivity index (χ1n) is 3.94. The zero-order valence-corrected chi connectivity index (χ0v) is 7.66. The average molecular weight is 170 g/mol. The molecule has 0 fully saturated rings. The SMILES string of the molecule is CCNCc1nnc(N(C)C)o1. The summed E-state index contributed by atoms with van der Waals surface area (Å²) in [5.74, 6) is 0.626. The molecule has 0 amide bonds. The molecule has 1 rings (SSSR count). The summed E-state index contributed by atoms with van der Waals surface area (Å²) in [5.41, 5.74) is 0. The molecule has 1 N–H and O–H groups in total. The largest absolute Gasteiger partial charge is 0.407 e. The molecule has 0 radical (unpaired) electrons. The Morgan fingerprint density at radius 2 is 2.17 bits per heavy atom. The molecular formula is C7H14N4O. The third-order valence-corrected chi connectivity index (χ3v) is 1.36. The molecule has 1 heterocycles. The Morgan fingerprint density at radius 3 is 2.67 bits per heavy atom. The van der Waals surface area contributed by atoms with Gasteiger partial charge in [0.1, 0.15) is 0 Å². The molecule has 5 nitrogen and oxygen atoms in total. The van der Waals surface area contributed by atoms with Crippen molar-refractivity contribution in [1.29, 1.82) is 0 Å². The monoisotopic (exact) mass is 170 g/mol. The number of nitrogens with one attached hydrogen (secondary N) is 1. The van der Waals surface area contributed by atoms with Gasteiger partial charge in [-0.25, -0.2) is 0 Å². The van der Waals surface area contributed by atoms with Gasteiger partial charge in [0.05, 0.1) is 6.54 Å². The fraction of sp³-hybridized carbons (Fsp3) is 0.714. The van der Waals surface area contributed by atoms with E-state index in [-0.39, 0.29) is 0 Å². The van der Waals surface area contributed by atoms with Gasteiger partial charge in [-0.1, -0.05) is 12.0 Å². The molecule has 1 aromatic rings. The minimum Gasteiger partial charge on any atom is -0.407 e. The van der Waals surface area contributed by atoms with Crippen molar-refractivity contribution in [2.24, 2.45) is 0 Å². The summed E-state index contributed by atoms with van der Waals surface area (Å²) in [6.07, 6.45) is 0. The van der Waals surface area contributed by atoms with E-state index >= 15 is 0 Å². The maximum atomic E-state index is 5.29. The first-order chi connectivity index (χ1) is 5.74. The maximum Gasteiger partial charge on any atom is 0.317 e. The van der Waals surface area contributed by atoms with Gasteiger partial charge in [0, 0.05) is 14.1 Å². The molecule has 0 aliphatic carbocycles. The lowest BCUT2D eigenvalue weighted by Gasteiger charge is -2.02. The first-order valence-corrected chi connectivity index (χ1v) is 3.94. The minimum absolute atomic E-state index is 0.544. The Morgan fingerprint density at radius 1 is 1.42 bits per heavy atom. The lowest BCUT2D eigenvalue weighted by atomic mass is 10.6. The Balaban J connectivity index is 2.52. The Bertz CT molecular complexity index is 233. The molecule has 5 heteroatoms. The van der Waals surface area contributed by atoms with Gasteiger partial charge >= 0.3 is 6.01 Å². The van der Waals surface area contributed by atoms with Gasteiger partial charge in [-0.3, -0.25) is 0 Å². The molecule has 0 aliphatic rings. The Kier molecular flexibility index (Phi) is 3.04. The number of rotatable bonds is 4. The number of anilines is 1. The van der Waals surface area contributed by atoms with Crippen molar-refractivity contribution in [2.75, 3.05) is 25.5 Å². The molecule has 0 saturated carbocycles. The molecule has 1 aromatic heterocycles. The van der Waals surface area contributed by atoms with Crippen LogP contribution in [0.15, 0.2) is 4.42 Å².